The maximum atomic E-state index is 10.6. The van der Waals surface area contributed by atoms with E-state index < -0.39 is 11.6 Å². The fraction of sp³-hybridized carbons (Fsp3) is 0.455. The summed E-state index contributed by atoms with van der Waals surface area (Å²) in [7, 11) is 0. The van der Waals surface area contributed by atoms with Crippen LogP contribution < -0.4 is 5.32 Å². The van der Waals surface area contributed by atoms with Crippen LogP contribution in [0.2, 0.25) is 0 Å². The topological polar surface area (TPSA) is 82.5 Å². The smallest absolute Gasteiger partial charge is 0.336 e. The Balaban J connectivity index is 2.48. The van der Waals surface area contributed by atoms with Gasteiger partial charge in [0.15, 0.2) is 5.60 Å². The standard InChI is InChI=1S/C11H16N2O3/c1-8-5-12-4-3-9(8)6-13-7-11(2,16)10(14)15/h3-5,13,16H,6-7H2,1-2H3,(H,14,15). The number of carboxylic acid groups (broad SMARTS) is 1. The van der Waals surface area contributed by atoms with Crippen LogP contribution in [0.5, 0.6) is 0 Å². The van der Waals surface area contributed by atoms with Crippen LogP contribution in [0.4, 0.5) is 0 Å². The molecule has 5 nitrogen and oxygen atoms in total. The Bertz CT molecular complexity index is 377. The number of aromatic nitrogens is 1. The number of carbonyl (C=O) groups is 1. The molecule has 0 aliphatic carbocycles. The highest BCUT2D eigenvalue weighted by Crippen LogP contribution is 2.06. The molecule has 0 fully saturated rings. The highest BCUT2D eigenvalue weighted by molar-refractivity contribution is 5.76. The fourth-order valence-electron chi connectivity index (χ4n) is 1.22. The van der Waals surface area contributed by atoms with Crippen LogP contribution in [0.25, 0.3) is 0 Å². The molecule has 0 aliphatic heterocycles. The maximum absolute atomic E-state index is 10.6. The zero-order valence-corrected chi connectivity index (χ0v) is 9.40. The number of pyridine rings is 1. The van der Waals surface area contributed by atoms with Crippen molar-refractivity contribution in [1.29, 1.82) is 0 Å². The van der Waals surface area contributed by atoms with Gasteiger partial charge in [-0.05, 0) is 31.0 Å². The Morgan fingerprint density at radius 1 is 1.62 bits per heavy atom. The molecule has 1 heterocycles. The minimum absolute atomic E-state index is 0.00406. The molecule has 1 aromatic heterocycles. The van der Waals surface area contributed by atoms with Gasteiger partial charge in [0.25, 0.3) is 0 Å². The highest BCUT2D eigenvalue weighted by Gasteiger charge is 2.28. The molecule has 0 saturated heterocycles. The Labute approximate surface area is 94.1 Å². The lowest BCUT2D eigenvalue weighted by Gasteiger charge is -2.18. The lowest BCUT2D eigenvalue weighted by Crippen LogP contribution is -2.44. The summed E-state index contributed by atoms with van der Waals surface area (Å²) in [5.74, 6) is -1.23. The van der Waals surface area contributed by atoms with Gasteiger partial charge in [0, 0.05) is 25.5 Å². The third-order valence-corrected chi connectivity index (χ3v) is 2.38. The predicted molar refractivity (Wildman–Crippen MR) is 58.9 cm³/mol. The number of aliphatic hydroxyl groups is 1. The molecule has 0 spiro atoms. The second-order valence-electron chi connectivity index (χ2n) is 3.98. The molecule has 0 saturated carbocycles. The van der Waals surface area contributed by atoms with Gasteiger partial charge in [-0.15, -0.1) is 0 Å². The van der Waals surface area contributed by atoms with Crippen molar-refractivity contribution in [3.05, 3.63) is 29.6 Å². The van der Waals surface area contributed by atoms with Crippen molar-refractivity contribution in [2.45, 2.75) is 26.0 Å². The van der Waals surface area contributed by atoms with Crippen molar-refractivity contribution in [2.24, 2.45) is 0 Å². The molecule has 0 aromatic carbocycles. The molecule has 3 N–H and O–H groups in total. The van der Waals surface area contributed by atoms with Crippen molar-refractivity contribution in [2.75, 3.05) is 6.54 Å². The van der Waals surface area contributed by atoms with Gasteiger partial charge in [0.2, 0.25) is 0 Å². The van der Waals surface area contributed by atoms with E-state index in [1.54, 1.807) is 12.4 Å². The van der Waals surface area contributed by atoms with Crippen LogP contribution in [0.1, 0.15) is 18.1 Å². The molecule has 1 rings (SSSR count). The molecular weight excluding hydrogens is 208 g/mol. The third-order valence-electron chi connectivity index (χ3n) is 2.38. The van der Waals surface area contributed by atoms with E-state index in [9.17, 15) is 9.90 Å². The number of nitrogens with zero attached hydrogens (tertiary/aromatic N) is 1. The SMILES string of the molecule is Cc1cnccc1CNCC(C)(O)C(=O)O. The number of hydrogen-bond acceptors (Lipinski definition) is 4. The molecule has 16 heavy (non-hydrogen) atoms. The van der Waals surface area contributed by atoms with E-state index in [2.05, 4.69) is 10.3 Å². The molecular formula is C11H16N2O3. The summed E-state index contributed by atoms with van der Waals surface area (Å²) in [4.78, 5) is 14.6. The number of aliphatic carboxylic acids is 1. The summed E-state index contributed by atoms with van der Waals surface area (Å²) < 4.78 is 0. The average molecular weight is 224 g/mol. The van der Waals surface area contributed by atoms with Gasteiger partial charge in [-0.3, -0.25) is 4.98 Å². The Morgan fingerprint density at radius 2 is 2.31 bits per heavy atom. The zero-order chi connectivity index (χ0) is 12.2. The lowest BCUT2D eigenvalue weighted by molar-refractivity contribution is -0.156. The van der Waals surface area contributed by atoms with E-state index in [-0.39, 0.29) is 6.54 Å². The molecule has 5 heteroatoms. The van der Waals surface area contributed by atoms with Gasteiger partial charge >= 0.3 is 5.97 Å². The van der Waals surface area contributed by atoms with Gasteiger partial charge in [-0.1, -0.05) is 0 Å². The number of carboxylic acids is 1. The average Bonchev–Trinajstić information content (AvgIpc) is 2.20. The van der Waals surface area contributed by atoms with Crippen LogP contribution >= 0.6 is 0 Å². The number of aryl methyl sites for hydroxylation is 1. The monoisotopic (exact) mass is 224 g/mol. The molecule has 1 atom stereocenters. The Hall–Kier alpha value is -1.46. The minimum atomic E-state index is -1.74. The number of nitrogens with one attached hydrogen (secondary N) is 1. The summed E-state index contributed by atoms with van der Waals surface area (Å²) >= 11 is 0. The van der Waals surface area contributed by atoms with Crippen LogP contribution in [-0.2, 0) is 11.3 Å². The van der Waals surface area contributed by atoms with Gasteiger partial charge in [0.1, 0.15) is 0 Å². The molecule has 88 valence electrons. The molecule has 0 bridgehead atoms. The first-order valence-corrected chi connectivity index (χ1v) is 4.99. The largest absolute Gasteiger partial charge is 0.479 e. The summed E-state index contributed by atoms with van der Waals surface area (Å²) in [6.45, 7) is 3.71. The molecule has 0 aliphatic rings. The second kappa shape index (κ2) is 5.05. The predicted octanol–water partition coefficient (Wildman–Crippen LogP) is 0.315. The van der Waals surface area contributed by atoms with Gasteiger partial charge in [-0.25, -0.2) is 4.79 Å². The molecule has 0 radical (unpaired) electrons. The van der Waals surface area contributed by atoms with Gasteiger partial charge in [-0.2, -0.15) is 0 Å². The lowest BCUT2D eigenvalue weighted by atomic mass is 10.1. The Kier molecular flexibility index (Phi) is 3.98. The van der Waals surface area contributed by atoms with Crippen LogP contribution in [0.3, 0.4) is 0 Å². The van der Waals surface area contributed by atoms with Crippen LogP contribution in [-0.4, -0.2) is 33.3 Å². The normalized spacial score (nSPS) is 14.4. The quantitative estimate of drug-likeness (QED) is 0.670. The zero-order valence-electron chi connectivity index (χ0n) is 9.40. The second-order valence-corrected chi connectivity index (χ2v) is 3.98. The van der Waals surface area contributed by atoms with Crippen molar-refractivity contribution >= 4 is 5.97 Å². The first-order valence-electron chi connectivity index (χ1n) is 4.99. The highest BCUT2D eigenvalue weighted by atomic mass is 16.4. The van der Waals surface area contributed by atoms with Crippen LogP contribution in [0.15, 0.2) is 18.5 Å². The van der Waals surface area contributed by atoms with Crippen molar-refractivity contribution in [1.82, 2.24) is 10.3 Å². The first kappa shape index (κ1) is 12.6. The third kappa shape index (κ3) is 3.29. The van der Waals surface area contributed by atoms with E-state index >= 15 is 0 Å². The molecule has 0 amide bonds. The number of rotatable bonds is 5. The maximum Gasteiger partial charge on any atom is 0.336 e. The molecule has 1 aromatic rings. The molecule has 1 unspecified atom stereocenters. The van der Waals surface area contributed by atoms with E-state index in [1.165, 1.54) is 6.92 Å². The minimum Gasteiger partial charge on any atom is -0.479 e. The van der Waals surface area contributed by atoms with Crippen molar-refractivity contribution < 1.29 is 15.0 Å². The fourth-order valence-corrected chi connectivity index (χ4v) is 1.22. The summed E-state index contributed by atoms with van der Waals surface area (Å²) in [5, 5.41) is 21.1. The summed E-state index contributed by atoms with van der Waals surface area (Å²) in [6, 6.07) is 1.86. The van der Waals surface area contributed by atoms with E-state index in [4.69, 9.17) is 5.11 Å². The van der Waals surface area contributed by atoms with Gasteiger partial charge < -0.3 is 15.5 Å². The van der Waals surface area contributed by atoms with Crippen LogP contribution in [0, 0.1) is 6.92 Å². The first-order chi connectivity index (χ1) is 7.43. The van der Waals surface area contributed by atoms with E-state index in [1.807, 2.05) is 13.0 Å². The summed E-state index contributed by atoms with van der Waals surface area (Å²) in [6.07, 6.45) is 3.42. The van der Waals surface area contributed by atoms with E-state index in [0.29, 0.717) is 6.54 Å². The van der Waals surface area contributed by atoms with Crippen molar-refractivity contribution in [3.63, 3.8) is 0 Å². The van der Waals surface area contributed by atoms with Gasteiger partial charge in [0.05, 0.1) is 0 Å². The summed E-state index contributed by atoms with van der Waals surface area (Å²) in [5.41, 5.74) is 0.335. The van der Waals surface area contributed by atoms with Crippen molar-refractivity contribution in [3.8, 4) is 0 Å². The number of hydrogen-bond donors (Lipinski definition) is 3. The Morgan fingerprint density at radius 3 is 2.88 bits per heavy atom. The van der Waals surface area contributed by atoms with E-state index in [0.717, 1.165) is 11.1 Å².